The van der Waals surface area contributed by atoms with Crippen molar-refractivity contribution < 1.29 is 4.79 Å². The van der Waals surface area contributed by atoms with Crippen LogP contribution in [0.15, 0.2) is 91.0 Å². The molecule has 7 heteroatoms. The number of nitrogens with zero attached hydrogens (tertiary/aromatic N) is 6. The second-order valence-electron chi connectivity index (χ2n) is 8.14. The Hall–Kier alpha value is -4.28. The van der Waals surface area contributed by atoms with Crippen LogP contribution in [-0.4, -0.2) is 56.7 Å². The molecule has 2 heterocycles. The SMILES string of the molecule is N#CC(c1ccccc1)N1CCN(C(=O)c2nc(-c3ccccc3)n(-c3ccccc3)n2)CC1. The Kier molecular flexibility index (Phi) is 6.15. The van der Waals surface area contributed by atoms with Crippen LogP contribution in [0.5, 0.6) is 0 Å². The van der Waals surface area contributed by atoms with Gasteiger partial charge in [0.05, 0.1) is 11.8 Å². The molecular formula is C27H24N6O. The number of carbonyl (C=O) groups is 1. The Labute approximate surface area is 198 Å². The molecule has 0 saturated carbocycles. The number of amides is 1. The van der Waals surface area contributed by atoms with E-state index < -0.39 is 0 Å². The second-order valence-corrected chi connectivity index (χ2v) is 8.14. The van der Waals surface area contributed by atoms with Gasteiger partial charge in [-0.15, -0.1) is 5.10 Å². The molecule has 34 heavy (non-hydrogen) atoms. The van der Waals surface area contributed by atoms with Crippen molar-refractivity contribution in [3.63, 3.8) is 0 Å². The summed E-state index contributed by atoms with van der Waals surface area (Å²) in [6.07, 6.45) is 0. The number of rotatable bonds is 5. The lowest BCUT2D eigenvalue weighted by atomic mass is 10.1. The molecule has 0 aliphatic carbocycles. The lowest BCUT2D eigenvalue weighted by Crippen LogP contribution is -2.49. The van der Waals surface area contributed by atoms with E-state index in [9.17, 15) is 10.1 Å². The molecule has 5 rings (SSSR count). The van der Waals surface area contributed by atoms with Gasteiger partial charge in [0, 0.05) is 31.7 Å². The van der Waals surface area contributed by atoms with Crippen LogP contribution >= 0.6 is 0 Å². The fourth-order valence-electron chi connectivity index (χ4n) is 4.25. The van der Waals surface area contributed by atoms with Crippen LogP contribution in [0.1, 0.15) is 22.2 Å². The van der Waals surface area contributed by atoms with Crippen LogP contribution in [0.4, 0.5) is 0 Å². The quantitative estimate of drug-likeness (QED) is 0.462. The number of aromatic nitrogens is 3. The van der Waals surface area contributed by atoms with Gasteiger partial charge < -0.3 is 4.90 Å². The van der Waals surface area contributed by atoms with Gasteiger partial charge in [-0.2, -0.15) is 5.26 Å². The zero-order valence-corrected chi connectivity index (χ0v) is 18.7. The van der Waals surface area contributed by atoms with E-state index >= 15 is 0 Å². The fraction of sp³-hybridized carbons (Fsp3) is 0.185. The normalized spacial score (nSPS) is 15.0. The highest BCUT2D eigenvalue weighted by atomic mass is 16.2. The third-order valence-electron chi connectivity index (χ3n) is 6.04. The average molecular weight is 449 g/mol. The van der Waals surface area contributed by atoms with E-state index in [0.717, 1.165) is 16.8 Å². The van der Waals surface area contributed by atoms with Gasteiger partial charge in [-0.3, -0.25) is 9.69 Å². The largest absolute Gasteiger partial charge is 0.333 e. The Morgan fingerprint density at radius 2 is 1.41 bits per heavy atom. The molecule has 0 spiro atoms. The third kappa shape index (κ3) is 4.32. The summed E-state index contributed by atoms with van der Waals surface area (Å²) in [5.74, 6) is 0.609. The Morgan fingerprint density at radius 1 is 0.824 bits per heavy atom. The molecule has 1 amide bonds. The molecule has 0 bridgehead atoms. The van der Waals surface area contributed by atoms with Gasteiger partial charge in [0.15, 0.2) is 5.82 Å². The van der Waals surface area contributed by atoms with Gasteiger partial charge in [-0.05, 0) is 17.7 Å². The lowest BCUT2D eigenvalue weighted by Gasteiger charge is -2.36. The van der Waals surface area contributed by atoms with E-state index in [-0.39, 0.29) is 17.8 Å². The van der Waals surface area contributed by atoms with Crippen molar-refractivity contribution in [2.24, 2.45) is 0 Å². The number of nitriles is 1. The van der Waals surface area contributed by atoms with Crippen molar-refractivity contribution in [3.05, 3.63) is 102 Å². The maximum atomic E-state index is 13.3. The summed E-state index contributed by atoms with van der Waals surface area (Å²) in [5.41, 5.74) is 2.71. The zero-order chi connectivity index (χ0) is 23.3. The van der Waals surface area contributed by atoms with Gasteiger partial charge in [0.1, 0.15) is 6.04 Å². The Morgan fingerprint density at radius 3 is 2.03 bits per heavy atom. The molecule has 1 fully saturated rings. The van der Waals surface area contributed by atoms with Crippen molar-refractivity contribution in [2.45, 2.75) is 6.04 Å². The number of carbonyl (C=O) groups excluding carboxylic acids is 1. The molecular weight excluding hydrogens is 424 g/mol. The first-order valence-electron chi connectivity index (χ1n) is 11.3. The Balaban J connectivity index is 1.36. The third-order valence-corrected chi connectivity index (χ3v) is 6.04. The van der Waals surface area contributed by atoms with Crippen LogP contribution in [0.25, 0.3) is 17.1 Å². The maximum Gasteiger partial charge on any atom is 0.293 e. The number of para-hydroxylation sites is 1. The van der Waals surface area contributed by atoms with E-state index in [1.165, 1.54) is 0 Å². The average Bonchev–Trinajstić information content (AvgIpc) is 3.36. The van der Waals surface area contributed by atoms with Crippen molar-refractivity contribution in [1.82, 2.24) is 24.6 Å². The highest BCUT2D eigenvalue weighted by Gasteiger charge is 2.30. The molecule has 1 aromatic heterocycles. The molecule has 1 unspecified atom stereocenters. The van der Waals surface area contributed by atoms with Gasteiger partial charge in [-0.1, -0.05) is 78.9 Å². The van der Waals surface area contributed by atoms with Crippen LogP contribution < -0.4 is 0 Å². The van der Waals surface area contributed by atoms with Crippen molar-refractivity contribution in [1.29, 1.82) is 5.26 Å². The van der Waals surface area contributed by atoms with E-state index in [2.05, 4.69) is 21.1 Å². The topological polar surface area (TPSA) is 78.0 Å². The molecule has 0 N–H and O–H groups in total. The molecule has 1 aliphatic rings. The van der Waals surface area contributed by atoms with E-state index in [4.69, 9.17) is 0 Å². The molecule has 1 saturated heterocycles. The molecule has 168 valence electrons. The first-order chi connectivity index (χ1) is 16.7. The predicted octanol–water partition coefficient (Wildman–Crippen LogP) is 3.96. The minimum Gasteiger partial charge on any atom is -0.333 e. The van der Waals surface area contributed by atoms with Crippen LogP contribution in [0, 0.1) is 11.3 Å². The maximum absolute atomic E-state index is 13.3. The van der Waals surface area contributed by atoms with E-state index in [1.807, 2.05) is 91.0 Å². The summed E-state index contributed by atoms with van der Waals surface area (Å²) in [7, 11) is 0. The molecule has 1 aliphatic heterocycles. The molecule has 3 aromatic carbocycles. The standard InChI is InChI=1S/C27H24N6O/c28-20-24(21-10-4-1-5-11-21)31-16-18-32(19-17-31)27(34)25-29-26(22-12-6-2-7-13-22)33(30-25)23-14-8-3-9-15-23/h1-15,24H,16-19H2. The summed E-state index contributed by atoms with van der Waals surface area (Å²) in [6.45, 7) is 2.27. The van der Waals surface area contributed by atoms with Crippen molar-refractivity contribution in [2.75, 3.05) is 26.2 Å². The summed E-state index contributed by atoms with van der Waals surface area (Å²) < 4.78 is 1.72. The molecule has 1 atom stereocenters. The number of hydrogen-bond donors (Lipinski definition) is 0. The van der Waals surface area contributed by atoms with Gasteiger partial charge in [0.25, 0.3) is 5.91 Å². The van der Waals surface area contributed by atoms with E-state index in [1.54, 1.807) is 9.58 Å². The zero-order valence-electron chi connectivity index (χ0n) is 18.7. The summed E-state index contributed by atoms with van der Waals surface area (Å²) in [6, 6.07) is 31.3. The van der Waals surface area contributed by atoms with Crippen molar-refractivity contribution >= 4 is 5.91 Å². The fourth-order valence-corrected chi connectivity index (χ4v) is 4.25. The highest BCUT2D eigenvalue weighted by molar-refractivity contribution is 5.91. The molecule has 7 nitrogen and oxygen atoms in total. The number of hydrogen-bond acceptors (Lipinski definition) is 5. The number of piperazine rings is 1. The van der Waals surface area contributed by atoms with Gasteiger partial charge in [0.2, 0.25) is 5.82 Å². The van der Waals surface area contributed by atoms with Gasteiger partial charge in [-0.25, -0.2) is 9.67 Å². The summed E-state index contributed by atoms with van der Waals surface area (Å²) in [4.78, 5) is 21.9. The monoisotopic (exact) mass is 448 g/mol. The highest BCUT2D eigenvalue weighted by Crippen LogP contribution is 2.24. The minimum absolute atomic E-state index is 0.177. The Bertz CT molecular complexity index is 1230. The van der Waals surface area contributed by atoms with Crippen LogP contribution in [0.2, 0.25) is 0 Å². The first kappa shape index (κ1) is 21.6. The lowest BCUT2D eigenvalue weighted by molar-refractivity contribution is 0.0595. The summed E-state index contributed by atoms with van der Waals surface area (Å²) >= 11 is 0. The molecule has 0 radical (unpaired) electrons. The van der Waals surface area contributed by atoms with E-state index in [0.29, 0.717) is 32.0 Å². The van der Waals surface area contributed by atoms with Crippen LogP contribution in [0.3, 0.4) is 0 Å². The van der Waals surface area contributed by atoms with Crippen LogP contribution in [-0.2, 0) is 0 Å². The van der Waals surface area contributed by atoms with Gasteiger partial charge >= 0.3 is 0 Å². The molecule has 4 aromatic rings. The summed E-state index contributed by atoms with van der Waals surface area (Å²) in [5, 5.41) is 14.3. The smallest absolute Gasteiger partial charge is 0.293 e. The minimum atomic E-state index is -0.321. The second kappa shape index (κ2) is 9.69. The van der Waals surface area contributed by atoms with Crippen molar-refractivity contribution in [3.8, 4) is 23.1 Å². The number of benzene rings is 3. The first-order valence-corrected chi connectivity index (χ1v) is 11.3. The predicted molar refractivity (Wildman–Crippen MR) is 129 cm³/mol.